The summed E-state index contributed by atoms with van der Waals surface area (Å²) in [4.78, 5) is 15.3. The highest BCUT2D eigenvalue weighted by molar-refractivity contribution is 5.70. The standard InChI is InChI=1S/C31H36FNO4/c1-30(2)13-7-10-26(30)24-14-20(11-12-23(24)25-16-28(36-5)33-18-27(25)32)19-37-22-9-6-8-21(15-22)31(3,4)17-29(34)35/h6,8-9,11-12,14-16,18,26H,7,10,13,17,19H2,1-5H3,(H,34,35)/t26-/m0/s1. The summed E-state index contributed by atoms with van der Waals surface area (Å²) < 4.78 is 26.4. The molecule has 1 aliphatic carbocycles. The molecule has 0 radical (unpaired) electrons. The Morgan fingerprint density at radius 1 is 1.16 bits per heavy atom. The van der Waals surface area contributed by atoms with Gasteiger partial charge in [0.1, 0.15) is 18.2 Å². The molecule has 1 heterocycles. The molecule has 0 spiro atoms. The predicted molar refractivity (Wildman–Crippen MR) is 143 cm³/mol. The minimum atomic E-state index is -0.831. The minimum Gasteiger partial charge on any atom is -0.489 e. The van der Waals surface area contributed by atoms with Gasteiger partial charge in [-0.3, -0.25) is 4.79 Å². The van der Waals surface area contributed by atoms with Crippen molar-refractivity contribution in [3.8, 4) is 22.8 Å². The molecule has 0 bridgehead atoms. The van der Waals surface area contributed by atoms with Crippen molar-refractivity contribution in [1.82, 2.24) is 4.98 Å². The van der Waals surface area contributed by atoms with Crippen molar-refractivity contribution in [3.05, 3.63) is 77.2 Å². The normalized spacial score (nSPS) is 17.0. The van der Waals surface area contributed by atoms with Crippen molar-refractivity contribution in [2.24, 2.45) is 5.41 Å². The van der Waals surface area contributed by atoms with Gasteiger partial charge in [0.15, 0.2) is 0 Å². The molecule has 1 N–H and O–H groups in total. The Balaban J connectivity index is 1.65. The van der Waals surface area contributed by atoms with Crippen molar-refractivity contribution in [2.75, 3.05) is 7.11 Å². The molecule has 1 aromatic heterocycles. The van der Waals surface area contributed by atoms with Crippen LogP contribution in [0.2, 0.25) is 0 Å². The van der Waals surface area contributed by atoms with Crippen LogP contribution >= 0.6 is 0 Å². The molecule has 0 saturated heterocycles. The van der Waals surface area contributed by atoms with Crippen molar-refractivity contribution in [2.45, 2.75) is 71.3 Å². The molecule has 2 aromatic carbocycles. The number of hydrogen-bond donors (Lipinski definition) is 1. The van der Waals surface area contributed by atoms with Gasteiger partial charge in [-0.05, 0) is 58.6 Å². The van der Waals surface area contributed by atoms with E-state index in [0.717, 1.165) is 41.5 Å². The predicted octanol–water partition coefficient (Wildman–Crippen LogP) is 7.52. The van der Waals surface area contributed by atoms with E-state index in [9.17, 15) is 14.3 Å². The van der Waals surface area contributed by atoms with E-state index >= 15 is 0 Å². The Hall–Kier alpha value is -3.41. The zero-order valence-corrected chi connectivity index (χ0v) is 22.3. The summed E-state index contributed by atoms with van der Waals surface area (Å²) in [6.45, 7) is 8.76. The Labute approximate surface area is 218 Å². The Bertz CT molecular complexity index is 1280. The Morgan fingerprint density at radius 3 is 2.62 bits per heavy atom. The lowest BCUT2D eigenvalue weighted by atomic mass is 9.75. The molecule has 1 atom stereocenters. The summed E-state index contributed by atoms with van der Waals surface area (Å²) in [6, 6.07) is 15.4. The van der Waals surface area contributed by atoms with Crippen LogP contribution in [0.25, 0.3) is 11.1 Å². The summed E-state index contributed by atoms with van der Waals surface area (Å²) in [5.74, 6) is 0.157. The largest absolute Gasteiger partial charge is 0.489 e. The van der Waals surface area contributed by atoms with Crippen molar-refractivity contribution in [3.63, 3.8) is 0 Å². The molecule has 196 valence electrons. The lowest BCUT2D eigenvalue weighted by Gasteiger charge is -2.30. The first-order valence-electron chi connectivity index (χ1n) is 12.8. The van der Waals surface area contributed by atoms with E-state index in [2.05, 4.69) is 24.9 Å². The van der Waals surface area contributed by atoms with Crippen LogP contribution < -0.4 is 9.47 Å². The molecular weight excluding hydrogens is 469 g/mol. The number of methoxy groups -OCH3 is 1. The summed E-state index contributed by atoms with van der Waals surface area (Å²) in [7, 11) is 1.53. The van der Waals surface area contributed by atoms with Crippen LogP contribution in [-0.4, -0.2) is 23.2 Å². The number of pyridine rings is 1. The van der Waals surface area contributed by atoms with Crippen LogP contribution in [0.4, 0.5) is 4.39 Å². The van der Waals surface area contributed by atoms with E-state index in [4.69, 9.17) is 9.47 Å². The molecule has 4 rings (SSSR count). The van der Waals surface area contributed by atoms with Crippen molar-refractivity contribution < 1.29 is 23.8 Å². The van der Waals surface area contributed by atoms with E-state index in [1.165, 1.54) is 13.3 Å². The van der Waals surface area contributed by atoms with Gasteiger partial charge in [-0.15, -0.1) is 0 Å². The lowest BCUT2D eigenvalue weighted by molar-refractivity contribution is -0.138. The second-order valence-electron chi connectivity index (χ2n) is 11.3. The molecule has 0 amide bonds. The smallest absolute Gasteiger partial charge is 0.304 e. The van der Waals surface area contributed by atoms with Gasteiger partial charge in [-0.25, -0.2) is 9.37 Å². The molecule has 5 nitrogen and oxygen atoms in total. The third-order valence-corrected chi connectivity index (χ3v) is 7.69. The maximum atomic E-state index is 15.0. The maximum Gasteiger partial charge on any atom is 0.304 e. The topological polar surface area (TPSA) is 68.7 Å². The van der Waals surface area contributed by atoms with E-state index in [-0.39, 0.29) is 17.7 Å². The van der Waals surface area contributed by atoms with E-state index < -0.39 is 11.4 Å². The fourth-order valence-corrected chi connectivity index (χ4v) is 5.53. The summed E-state index contributed by atoms with van der Waals surface area (Å²) >= 11 is 0. The highest BCUT2D eigenvalue weighted by Crippen LogP contribution is 2.51. The van der Waals surface area contributed by atoms with Gasteiger partial charge in [0.25, 0.3) is 0 Å². The van der Waals surface area contributed by atoms with Gasteiger partial charge in [0, 0.05) is 17.0 Å². The fourth-order valence-electron chi connectivity index (χ4n) is 5.53. The van der Waals surface area contributed by atoms with Gasteiger partial charge < -0.3 is 14.6 Å². The van der Waals surface area contributed by atoms with Gasteiger partial charge in [-0.2, -0.15) is 0 Å². The van der Waals surface area contributed by atoms with Crippen LogP contribution in [-0.2, 0) is 16.8 Å². The average molecular weight is 506 g/mol. The summed E-state index contributed by atoms with van der Waals surface area (Å²) in [6.07, 6.45) is 4.56. The Morgan fingerprint density at radius 2 is 1.95 bits per heavy atom. The van der Waals surface area contributed by atoms with Crippen molar-refractivity contribution >= 4 is 5.97 Å². The lowest BCUT2D eigenvalue weighted by Crippen LogP contribution is -2.21. The highest BCUT2D eigenvalue weighted by atomic mass is 19.1. The van der Waals surface area contributed by atoms with Gasteiger partial charge in [-0.1, -0.05) is 64.4 Å². The molecule has 1 fully saturated rings. The van der Waals surface area contributed by atoms with E-state index in [1.807, 2.05) is 50.2 Å². The van der Waals surface area contributed by atoms with E-state index in [0.29, 0.717) is 29.7 Å². The van der Waals surface area contributed by atoms with Crippen LogP contribution in [0.5, 0.6) is 11.6 Å². The number of carboxylic acids is 1. The molecule has 6 heteroatoms. The number of carbonyl (C=O) groups is 1. The summed E-state index contributed by atoms with van der Waals surface area (Å²) in [5, 5.41) is 9.27. The third-order valence-electron chi connectivity index (χ3n) is 7.69. The third kappa shape index (κ3) is 5.95. The van der Waals surface area contributed by atoms with Gasteiger partial charge in [0.05, 0.1) is 19.7 Å². The van der Waals surface area contributed by atoms with E-state index in [1.54, 1.807) is 6.07 Å². The second kappa shape index (κ2) is 10.5. The number of carboxylic acid groups (broad SMARTS) is 1. The molecule has 37 heavy (non-hydrogen) atoms. The quantitative estimate of drug-likeness (QED) is 0.326. The number of halogens is 1. The summed E-state index contributed by atoms with van der Waals surface area (Å²) in [5.41, 5.74) is 3.98. The molecule has 1 saturated carbocycles. The van der Waals surface area contributed by atoms with Crippen LogP contribution in [0.3, 0.4) is 0 Å². The fraction of sp³-hybridized carbons (Fsp3) is 0.419. The van der Waals surface area contributed by atoms with Gasteiger partial charge >= 0.3 is 5.97 Å². The molecule has 1 aliphatic rings. The van der Waals surface area contributed by atoms with Crippen LogP contribution in [0.1, 0.15) is 76.0 Å². The number of hydrogen-bond acceptors (Lipinski definition) is 4. The maximum absolute atomic E-state index is 15.0. The monoisotopic (exact) mass is 505 g/mol. The number of rotatable bonds is 9. The van der Waals surface area contributed by atoms with Crippen LogP contribution in [0.15, 0.2) is 54.7 Å². The molecular formula is C31H36FNO4. The highest BCUT2D eigenvalue weighted by Gasteiger charge is 2.37. The Kier molecular flexibility index (Phi) is 7.58. The minimum absolute atomic E-state index is 0.0365. The number of ether oxygens (including phenoxy) is 2. The first-order valence-corrected chi connectivity index (χ1v) is 12.8. The average Bonchev–Trinajstić information content (AvgIpc) is 3.21. The molecule has 0 unspecified atom stereocenters. The second-order valence-corrected chi connectivity index (χ2v) is 11.3. The number of aromatic nitrogens is 1. The number of nitrogens with zero attached hydrogens (tertiary/aromatic N) is 1. The van der Waals surface area contributed by atoms with Gasteiger partial charge in [0.2, 0.25) is 5.88 Å². The van der Waals surface area contributed by atoms with Crippen molar-refractivity contribution in [1.29, 1.82) is 0 Å². The first kappa shape index (κ1) is 26.6. The number of benzene rings is 2. The number of aliphatic carboxylic acids is 1. The zero-order chi connectivity index (χ0) is 26.8. The molecule has 0 aliphatic heterocycles. The first-order chi connectivity index (χ1) is 17.5. The SMILES string of the molecule is COc1cc(-c2ccc(COc3cccc(C(C)(C)CC(=O)O)c3)cc2[C@@H]2CCCC2(C)C)c(F)cn1. The zero-order valence-electron chi connectivity index (χ0n) is 22.3. The molecule has 3 aromatic rings. The van der Waals surface area contributed by atoms with Crippen LogP contribution in [0, 0.1) is 11.2 Å².